The molecule has 2 atom stereocenters. The predicted octanol–water partition coefficient (Wildman–Crippen LogP) is 0.987. The number of aliphatic hydroxyl groups is 1. The second-order valence-electron chi connectivity index (χ2n) is 6.02. The van der Waals surface area contributed by atoms with Crippen LogP contribution < -0.4 is 5.32 Å². The number of hydrogen-bond acceptors (Lipinski definition) is 4. The van der Waals surface area contributed by atoms with Crippen LogP contribution in [0.25, 0.3) is 0 Å². The Labute approximate surface area is 120 Å². The molecule has 0 aromatic heterocycles. The molecule has 0 bridgehead atoms. The molecule has 20 heavy (non-hydrogen) atoms. The van der Waals surface area contributed by atoms with Crippen molar-refractivity contribution in [3.63, 3.8) is 0 Å². The molecule has 1 aromatic carbocycles. The number of aryl methyl sites for hydroxylation is 1. The first-order valence-corrected chi connectivity index (χ1v) is 9.05. The second-order valence-corrected chi connectivity index (χ2v) is 8.25. The topological polar surface area (TPSA) is 66.4 Å². The molecule has 0 radical (unpaired) electrons. The van der Waals surface area contributed by atoms with Crippen LogP contribution in [0.4, 0.5) is 0 Å². The lowest BCUT2D eigenvalue weighted by atomic mass is 9.95. The van der Waals surface area contributed by atoms with Gasteiger partial charge in [-0.2, -0.15) is 0 Å². The molecule has 1 fully saturated rings. The van der Waals surface area contributed by atoms with Crippen LogP contribution in [-0.2, 0) is 21.9 Å². The number of sulfone groups is 1. The van der Waals surface area contributed by atoms with E-state index in [0.717, 1.165) is 24.8 Å². The van der Waals surface area contributed by atoms with Gasteiger partial charge in [-0.1, -0.05) is 24.3 Å². The molecule has 3 rings (SSSR count). The van der Waals surface area contributed by atoms with Crippen LogP contribution in [0, 0.1) is 0 Å². The lowest BCUT2D eigenvalue weighted by Crippen LogP contribution is -2.46. The fourth-order valence-electron chi connectivity index (χ4n) is 3.35. The lowest BCUT2D eigenvalue weighted by Gasteiger charge is -2.29. The number of hydrogen-bond donors (Lipinski definition) is 2. The molecule has 4 nitrogen and oxygen atoms in total. The molecule has 1 aliphatic heterocycles. The zero-order chi connectivity index (χ0) is 14.2. The van der Waals surface area contributed by atoms with E-state index in [1.54, 1.807) is 0 Å². The summed E-state index contributed by atoms with van der Waals surface area (Å²) in [6.45, 7) is 0.435. The third kappa shape index (κ3) is 2.75. The molecule has 1 aromatic rings. The fraction of sp³-hybridized carbons (Fsp3) is 0.600. The summed E-state index contributed by atoms with van der Waals surface area (Å²) in [7, 11) is -2.90. The van der Waals surface area contributed by atoms with Crippen molar-refractivity contribution in [2.75, 3.05) is 18.1 Å². The van der Waals surface area contributed by atoms with Crippen molar-refractivity contribution in [2.24, 2.45) is 0 Å². The van der Waals surface area contributed by atoms with Crippen molar-refractivity contribution in [3.8, 4) is 0 Å². The third-order valence-corrected chi connectivity index (χ3v) is 6.29. The van der Waals surface area contributed by atoms with Gasteiger partial charge >= 0.3 is 0 Å². The van der Waals surface area contributed by atoms with Crippen LogP contribution in [0.2, 0.25) is 0 Å². The normalized spacial score (nSPS) is 31.9. The number of benzene rings is 1. The Kier molecular flexibility index (Phi) is 3.60. The Morgan fingerprint density at radius 2 is 2.15 bits per heavy atom. The average molecular weight is 295 g/mol. The zero-order valence-corrected chi connectivity index (χ0v) is 12.3. The quantitative estimate of drug-likeness (QED) is 0.872. The predicted molar refractivity (Wildman–Crippen MR) is 78.3 cm³/mol. The summed E-state index contributed by atoms with van der Waals surface area (Å²) in [5.74, 6) is 0.503. The summed E-state index contributed by atoms with van der Waals surface area (Å²) in [5, 5.41) is 14.1. The SMILES string of the molecule is O=S1(=O)CCCC(NCC2(O)CCc3ccccc32)C1. The second kappa shape index (κ2) is 5.13. The van der Waals surface area contributed by atoms with Gasteiger partial charge in [0, 0.05) is 12.6 Å². The average Bonchev–Trinajstić information content (AvgIpc) is 2.75. The van der Waals surface area contributed by atoms with E-state index in [1.807, 2.05) is 18.2 Å². The van der Waals surface area contributed by atoms with Crippen LogP contribution >= 0.6 is 0 Å². The maximum atomic E-state index is 11.6. The molecule has 0 spiro atoms. The molecule has 0 amide bonds. The maximum Gasteiger partial charge on any atom is 0.151 e. The van der Waals surface area contributed by atoms with Crippen molar-refractivity contribution in [1.82, 2.24) is 5.32 Å². The monoisotopic (exact) mass is 295 g/mol. The molecular weight excluding hydrogens is 274 g/mol. The van der Waals surface area contributed by atoms with Crippen molar-refractivity contribution in [1.29, 1.82) is 0 Å². The summed E-state index contributed by atoms with van der Waals surface area (Å²) < 4.78 is 23.3. The van der Waals surface area contributed by atoms with E-state index in [1.165, 1.54) is 5.56 Å². The summed E-state index contributed by atoms with van der Waals surface area (Å²) in [4.78, 5) is 0. The highest BCUT2D eigenvalue weighted by Gasteiger charge is 2.37. The first-order valence-electron chi connectivity index (χ1n) is 7.23. The summed E-state index contributed by atoms with van der Waals surface area (Å²) in [6.07, 6.45) is 3.18. The Morgan fingerprint density at radius 1 is 1.35 bits per heavy atom. The summed E-state index contributed by atoms with van der Waals surface area (Å²) in [5.41, 5.74) is 1.34. The van der Waals surface area contributed by atoms with Gasteiger partial charge in [0.25, 0.3) is 0 Å². The van der Waals surface area contributed by atoms with Crippen LogP contribution in [0.15, 0.2) is 24.3 Å². The highest BCUT2D eigenvalue weighted by Crippen LogP contribution is 2.36. The standard InChI is InChI=1S/C15H21NO3S/c17-15(8-7-12-4-1-2-6-14(12)15)11-16-13-5-3-9-20(18,19)10-13/h1-2,4,6,13,16-17H,3,5,7-11H2. The molecular formula is C15H21NO3S. The van der Waals surface area contributed by atoms with E-state index in [2.05, 4.69) is 11.4 Å². The van der Waals surface area contributed by atoms with E-state index in [0.29, 0.717) is 18.7 Å². The van der Waals surface area contributed by atoms with Crippen LogP contribution in [0.1, 0.15) is 30.4 Å². The van der Waals surface area contributed by atoms with Crippen LogP contribution in [0.5, 0.6) is 0 Å². The maximum absolute atomic E-state index is 11.6. The largest absolute Gasteiger partial charge is 0.384 e. The van der Waals surface area contributed by atoms with E-state index in [4.69, 9.17) is 0 Å². The van der Waals surface area contributed by atoms with Gasteiger partial charge in [0.2, 0.25) is 0 Å². The number of fused-ring (bicyclic) bond motifs is 1. The van der Waals surface area contributed by atoms with Crippen molar-refractivity contribution in [2.45, 2.75) is 37.3 Å². The van der Waals surface area contributed by atoms with E-state index >= 15 is 0 Å². The minimum atomic E-state index is -2.90. The summed E-state index contributed by atoms with van der Waals surface area (Å²) >= 11 is 0. The smallest absolute Gasteiger partial charge is 0.151 e. The molecule has 5 heteroatoms. The van der Waals surface area contributed by atoms with Gasteiger partial charge in [0.15, 0.2) is 9.84 Å². The minimum absolute atomic E-state index is 0.0227. The van der Waals surface area contributed by atoms with Gasteiger partial charge in [-0.25, -0.2) is 8.42 Å². The Bertz CT molecular complexity index is 599. The third-order valence-electron chi connectivity index (χ3n) is 4.47. The van der Waals surface area contributed by atoms with E-state index in [9.17, 15) is 13.5 Å². The Balaban J connectivity index is 1.67. The highest BCUT2D eigenvalue weighted by atomic mass is 32.2. The zero-order valence-electron chi connectivity index (χ0n) is 11.5. The van der Waals surface area contributed by atoms with Gasteiger partial charge in [-0.3, -0.25) is 0 Å². The van der Waals surface area contributed by atoms with Gasteiger partial charge in [0.1, 0.15) is 5.60 Å². The van der Waals surface area contributed by atoms with Gasteiger partial charge in [-0.05, 0) is 36.8 Å². The number of rotatable bonds is 3. The minimum Gasteiger partial charge on any atom is -0.384 e. The molecule has 0 saturated carbocycles. The molecule has 110 valence electrons. The van der Waals surface area contributed by atoms with Gasteiger partial charge in [-0.15, -0.1) is 0 Å². The Hall–Kier alpha value is -0.910. The lowest BCUT2D eigenvalue weighted by molar-refractivity contribution is 0.0361. The van der Waals surface area contributed by atoms with Crippen molar-refractivity contribution in [3.05, 3.63) is 35.4 Å². The Morgan fingerprint density at radius 3 is 2.95 bits per heavy atom. The first kappa shape index (κ1) is 14.0. The first-order chi connectivity index (χ1) is 9.49. The van der Waals surface area contributed by atoms with Gasteiger partial charge in [0.05, 0.1) is 11.5 Å². The summed E-state index contributed by atoms with van der Waals surface area (Å²) in [6, 6.07) is 7.94. The van der Waals surface area contributed by atoms with Crippen LogP contribution in [0.3, 0.4) is 0 Å². The van der Waals surface area contributed by atoms with Gasteiger partial charge < -0.3 is 10.4 Å². The van der Waals surface area contributed by atoms with E-state index in [-0.39, 0.29) is 11.8 Å². The molecule has 2 unspecified atom stereocenters. The molecule has 2 aliphatic rings. The van der Waals surface area contributed by atoms with Crippen molar-refractivity contribution < 1.29 is 13.5 Å². The van der Waals surface area contributed by atoms with Crippen LogP contribution in [-0.4, -0.2) is 37.6 Å². The molecule has 1 aliphatic carbocycles. The molecule has 2 N–H and O–H groups in total. The highest BCUT2D eigenvalue weighted by molar-refractivity contribution is 7.91. The molecule has 1 saturated heterocycles. The fourth-order valence-corrected chi connectivity index (χ4v) is 5.02. The van der Waals surface area contributed by atoms with E-state index < -0.39 is 15.4 Å². The molecule has 1 heterocycles. The number of nitrogens with one attached hydrogen (secondary N) is 1. The van der Waals surface area contributed by atoms with Crippen molar-refractivity contribution >= 4 is 9.84 Å².